The number of sulfonamides is 1. The summed E-state index contributed by atoms with van der Waals surface area (Å²) in [4.78, 5) is 26.9. The van der Waals surface area contributed by atoms with Crippen LogP contribution in [-0.2, 0) is 26.2 Å². The Morgan fingerprint density at radius 2 is 1.94 bits per heavy atom. The third kappa shape index (κ3) is 5.54. The minimum atomic E-state index is -3.55. The number of nitrogens with one attached hydrogen (secondary N) is 1. The van der Waals surface area contributed by atoms with E-state index in [1.165, 1.54) is 17.0 Å². The molecule has 1 aliphatic heterocycles. The van der Waals surface area contributed by atoms with E-state index in [0.717, 1.165) is 21.7 Å². The molecular weight excluding hydrogens is 464 g/mol. The van der Waals surface area contributed by atoms with Gasteiger partial charge in [0, 0.05) is 13.0 Å². The number of rotatable bonds is 7. The second kappa shape index (κ2) is 9.66. The number of nitriles is 1. The maximum atomic E-state index is 13.1. The molecule has 0 aliphatic carbocycles. The molecule has 0 bridgehead atoms. The lowest BCUT2D eigenvalue weighted by atomic mass is 10.1. The second-order valence-electron chi connectivity index (χ2n) is 7.54. The molecule has 1 N–H and O–H groups in total. The second-order valence-corrected chi connectivity index (χ2v) is 9.90. The normalized spacial score (nSPS) is 15.8. The predicted octanol–water partition coefficient (Wildman–Crippen LogP) is 2.40. The molecule has 0 atom stereocenters. The summed E-state index contributed by atoms with van der Waals surface area (Å²) in [5, 5.41) is 11.2. The van der Waals surface area contributed by atoms with E-state index in [4.69, 9.17) is 21.9 Å². The zero-order valence-corrected chi connectivity index (χ0v) is 19.9. The quantitative estimate of drug-likeness (QED) is 0.362. The highest BCUT2D eigenvalue weighted by Gasteiger charge is 2.35. The van der Waals surface area contributed by atoms with Crippen LogP contribution >= 0.6 is 12.2 Å². The lowest BCUT2D eigenvalue weighted by Crippen LogP contribution is -2.54. The number of hydrogen-bond acceptors (Lipinski definition) is 7. The van der Waals surface area contributed by atoms with Gasteiger partial charge in [0.15, 0.2) is 5.11 Å². The number of nitrogens with zero attached hydrogens (tertiary/aromatic N) is 3. The average molecular weight is 487 g/mol. The Morgan fingerprint density at radius 3 is 2.58 bits per heavy atom. The van der Waals surface area contributed by atoms with Crippen molar-refractivity contribution in [2.45, 2.75) is 26.8 Å². The summed E-state index contributed by atoms with van der Waals surface area (Å²) in [6.07, 6.45) is 2.37. The van der Waals surface area contributed by atoms with Gasteiger partial charge in [0.25, 0.3) is 11.8 Å². The predicted molar refractivity (Wildman–Crippen MR) is 126 cm³/mol. The topological polar surface area (TPSA) is 124 Å². The van der Waals surface area contributed by atoms with Crippen LogP contribution in [0.2, 0.25) is 0 Å². The number of aryl methyl sites for hydroxylation is 2. The Bertz CT molecular complexity index is 1300. The molecule has 1 fully saturated rings. The molecule has 1 aliphatic rings. The standard InChI is InChI=1S/C22H22N4O5S2/c1-14-5-6-16(11-15(14)2)26-21(28)19(20(27)24-22(26)32)12-17-7-8-18(31-17)13-25(10-4-9-23)33(3,29)30/h5-8,11-12H,4,10,13H2,1-3H3,(H,24,27,32). The number of furan rings is 1. The van der Waals surface area contributed by atoms with Gasteiger partial charge in [-0.2, -0.15) is 9.57 Å². The molecule has 1 aromatic heterocycles. The molecule has 1 saturated heterocycles. The van der Waals surface area contributed by atoms with E-state index in [1.54, 1.807) is 18.2 Å². The summed E-state index contributed by atoms with van der Waals surface area (Å²) in [6, 6.07) is 10.4. The summed E-state index contributed by atoms with van der Waals surface area (Å²) in [5.74, 6) is -0.757. The number of carbonyl (C=O) groups is 2. The number of amides is 2. The molecule has 2 heterocycles. The molecule has 0 radical (unpaired) electrons. The summed E-state index contributed by atoms with van der Waals surface area (Å²) >= 11 is 5.22. The molecule has 2 amide bonds. The summed E-state index contributed by atoms with van der Waals surface area (Å²) < 4.78 is 30.6. The van der Waals surface area contributed by atoms with Crippen LogP contribution in [0, 0.1) is 25.2 Å². The van der Waals surface area contributed by atoms with Crippen molar-refractivity contribution >= 4 is 50.9 Å². The lowest BCUT2D eigenvalue weighted by Gasteiger charge is -2.29. The summed E-state index contributed by atoms with van der Waals surface area (Å²) in [7, 11) is -3.55. The highest BCUT2D eigenvalue weighted by molar-refractivity contribution is 7.88. The molecule has 3 rings (SSSR count). The highest BCUT2D eigenvalue weighted by atomic mass is 32.2. The Morgan fingerprint density at radius 1 is 1.21 bits per heavy atom. The van der Waals surface area contributed by atoms with Gasteiger partial charge in [-0.3, -0.25) is 19.8 Å². The van der Waals surface area contributed by atoms with E-state index in [1.807, 2.05) is 26.0 Å². The first-order valence-corrected chi connectivity index (χ1v) is 12.2. The van der Waals surface area contributed by atoms with Crippen LogP contribution in [0.4, 0.5) is 5.69 Å². The van der Waals surface area contributed by atoms with Crippen LogP contribution in [0.3, 0.4) is 0 Å². The fraction of sp³-hybridized carbons (Fsp3) is 0.273. The van der Waals surface area contributed by atoms with Gasteiger partial charge >= 0.3 is 0 Å². The zero-order valence-electron chi connectivity index (χ0n) is 18.3. The van der Waals surface area contributed by atoms with Crippen LogP contribution in [0.25, 0.3) is 6.08 Å². The SMILES string of the molecule is Cc1ccc(N2C(=O)C(=Cc3ccc(CN(CCC#N)S(C)(=O)=O)o3)C(=O)NC2=S)cc1C. The number of carbonyl (C=O) groups excluding carboxylic acids is 2. The van der Waals surface area contributed by atoms with Crippen molar-refractivity contribution < 1.29 is 22.4 Å². The first-order chi connectivity index (χ1) is 15.5. The van der Waals surface area contributed by atoms with E-state index in [-0.39, 0.29) is 36.0 Å². The van der Waals surface area contributed by atoms with Gasteiger partial charge in [-0.05, 0) is 67.5 Å². The first-order valence-electron chi connectivity index (χ1n) is 9.90. The third-order valence-corrected chi connectivity index (χ3v) is 6.63. The van der Waals surface area contributed by atoms with Crippen molar-refractivity contribution in [3.05, 3.63) is 58.6 Å². The summed E-state index contributed by atoms with van der Waals surface area (Å²) in [5.41, 5.74) is 2.37. The highest BCUT2D eigenvalue weighted by Crippen LogP contribution is 2.25. The van der Waals surface area contributed by atoms with Crippen molar-refractivity contribution in [2.75, 3.05) is 17.7 Å². The minimum Gasteiger partial charge on any atom is -0.460 e. The van der Waals surface area contributed by atoms with Crippen molar-refractivity contribution in [3.63, 3.8) is 0 Å². The van der Waals surface area contributed by atoms with Gasteiger partial charge in [-0.25, -0.2) is 8.42 Å². The number of benzene rings is 1. The van der Waals surface area contributed by atoms with Gasteiger partial charge in [0.2, 0.25) is 10.0 Å². The fourth-order valence-corrected chi connectivity index (χ4v) is 4.23. The van der Waals surface area contributed by atoms with Crippen LogP contribution in [-0.4, -0.2) is 42.5 Å². The smallest absolute Gasteiger partial charge is 0.270 e. The van der Waals surface area contributed by atoms with Gasteiger partial charge in [0.1, 0.15) is 17.1 Å². The molecule has 172 valence electrons. The van der Waals surface area contributed by atoms with Crippen molar-refractivity contribution in [3.8, 4) is 6.07 Å². The minimum absolute atomic E-state index is 0.0215. The molecule has 2 aromatic rings. The zero-order chi connectivity index (χ0) is 24.3. The number of anilines is 1. The van der Waals surface area contributed by atoms with Crippen molar-refractivity contribution in [1.29, 1.82) is 5.26 Å². The average Bonchev–Trinajstić information content (AvgIpc) is 3.17. The van der Waals surface area contributed by atoms with E-state index < -0.39 is 21.8 Å². The van der Waals surface area contributed by atoms with Crippen LogP contribution in [0.1, 0.15) is 29.1 Å². The summed E-state index contributed by atoms with van der Waals surface area (Å²) in [6.45, 7) is 3.80. The largest absolute Gasteiger partial charge is 0.460 e. The van der Waals surface area contributed by atoms with Gasteiger partial charge in [-0.15, -0.1) is 0 Å². The molecule has 0 saturated carbocycles. The molecule has 0 spiro atoms. The Kier molecular flexibility index (Phi) is 7.12. The van der Waals surface area contributed by atoms with Crippen LogP contribution in [0.15, 0.2) is 40.3 Å². The fourth-order valence-electron chi connectivity index (χ4n) is 3.17. The molecule has 9 nitrogen and oxygen atoms in total. The Balaban J connectivity index is 1.88. The lowest BCUT2D eigenvalue weighted by molar-refractivity contribution is -0.122. The van der Waals surface area contributed by atoms with Crippen molar-refractivity contribution in [1.82, 2.24) is 9.62 Å². The molecule has 33 heavy (non-hydrogen) atoms. The molecule has 0 unspecified atom stereocenters. The molecular formula is C22H22N4O5S2. The first kappa shape index (κ1) is 24.3. The van der Waals surface area contributed by atoms with Gasteiger partial charge in [-0.1, -0.05) is 6.07 Å². The van der Waals surface area contributed by atoms with Gasteiger partial charge < -0.3 is 4.42 Å². The molecule has 1 aromatic carbocycles. The van der Waals surface area contributed by atoms with Crippen LogP contribution < -0.4 is 10.2 Å². The van der Waals surface area contributed by atoms with E-state index in [9.17, 15) is 18.0 Å². The Labute approximate surface area is 197 Å². The maximum Gasteiger partial charge on any atom is 0.270 e. The van der Waals surface area contributed by atoms with E-state index >= 15 is 0 Å². The monoisotopic (exact) mass is 486 g/mol. The van der Waals surface area contributed by atoms with E-state index in [0.29, 0.717) is 11.4 Å². The number of thiocarbonyl (C=S) groups is 1. The molecule has 11 heteroatoms. The Hall–Kier alpha value is -3.33. The van der Waals surface area contributed by atoms with Gasteiger partial charge in [0.05, 0.1) is 24.6 Å². The van der Waals surface area contributed by atoms with Crippen LogP contribution in [0.5, 0.6) is 0 Å². The maximum absolute atomic E-state index is 13.1. The number of hydrogen-bond donors (Lipinski definition) is 1. The van der Waals surface area contributed by atoms with E-state index in [2.05, 4.69) is 5.32 Å². The van der Waals surface area contributed by atoms with Crippen molar-refractivity contribution in [2.24, 2.45) is 0 Å². The third-order valence-electron chi connectivity index (χ3n) is 5.09.